The molecule has 1 unspecified atom stereocenters. The zero-order valence-electron chi connectivity index (χ0n) is 13.9. The van der Waals surface area contributed by atoms with Gasteiger partial charge in [-0.05, 0) is 32.1 Å². The molecule has 3 fully saturated rings. The number of nitriles is 2. The van der Waals surface area contributed by atoms with E-state index in [9.17, 15) is 15.3 Å². The molecule has 5 atom stereocenters. The second-order valence-corrected chi connectivity index (χ2v) is 7.52. The van der Waals surface area contributed by atoms with Gasteiger partial charge in [-0.1, -0.05) is 12.8 Å². The van der Waals surface area contributed by atoms with Crippen molar-refractivity contribution in [3.05, 3.63) is 0 Å². The molecule has 0 amide bonds. The molecule has 1 aliphatic heterocycles. The summed E-state index contributed by atoms with van der Waals surface area (Å²) in [5, 5.41) is 20.2. The van der Waals surface area contributed by atoms with Crippen molar-refractivity contribution in [2.24, 2.45) is 11.8 Å². The number of piperidine rings is 1. The number of hydrogen-bond acceptors (Lipinski definition) is 4. The third-order valence-corrected chi connectivity index (χ3v) is 6.74. The van der Waals surface area contributed by atoms with Gasteiger partial charge in [0.15, 0.2) is 17.6 Å². The van der Waals surface area contributed by atoms with Crippen molar-refractivity contribution in [1.82, 2.24) is 0 Å². The first-order valence-electron chi connectivity index (χ1n) is 8.89. The van der Waals surface area contributed by atoms with Crippen LogP contribution in [0.5, 0.6) is 0 Å². The fourth-order valence-electron chi connectivity index (χ4n) is 5.63. The SMILES string of the molecule is COC(=O)C[NH+]1[C@]2(C#N)CCCC[C@@H]2C[C@@H]2CCCC[C@]21C#N. The van der Waals surface area contributed by atoms with Gasteiger partial charge in [0.05, 0.1) is 7.11 Å². The van der Waals surface area contributed by atoms with E-state index in [0.29, 0.717) is 11.8 Å². The first kappa shape index (κ1) is 16.3. The van der Waals surface area contributed by atoms with E-state index in [0.717, 1.165) is 62.7 Å². The fourth-order valence-corrected chi connectivity index (χ4v) is 5.63. The zero-order valence-corrected chi connectivity index (χ0v) is 13.9. The Morgan fingerprint density at radius 3 is 2.04 bits per heavy atom. The molecule has 23 heavy (non-hydrogen) atoms. The van der Waals surface area contributed by atoms with Gasteiger partial charge in [0.1, 0.15) is 12.1 Å². The van der Waals surface area contributed by atoms with Crippen LogP contribution in [-0.2, 0) is 9.53 Å². The summed E-state index contributed by atoms with van der Waals surface area (Å²) < 4.78 is 4.91. The number of rotatable bonds is 2. The second-order valence-electron chi connectivity index (χ2n) is 7.52. The van der Waals surface area contributed by atoms with E-state index in [1.54, 1.807) is 0 Å². The molecule has 1 N–H and O–H groups in total. The van der Waals surface area contributed by atoms with Gasteiger partial charge < -0.3 is 4.74 Å². The summed E-state index contributed by atoms with van der Waals surface area (Å²) in [6, 6.07) is 5.19. The maximum Gasteiger partial charge on any atom is 0.361 e. The highest BCUT2D eigenvalue weighted by molar-refractivity contribution is 5.70. The average molecular weight is 316 g/mol. The largest absolute Gasteiger partial charge is 0.465 e. The Labute approximate surface area is 138 Å². The van der Waals surface area contributed by atoms with Crippen LogP contribution in [0, 0.1) is 34.5 Å². The highest BCUT2D eigenvalue weighted by Gasteiger charge is 2.66. The van der Waals surface area contributed by atoms with Gasteiger partial charge in [-0.15, -0.1) is 0 Å². The number of quaternary nitrogens is 1. The molecule has 3 aliphatic rings. The van der Waals surface area contributed by atoms with E-state index < -0.39 is 11.1 Å². The lowest BCUT2D eigenvalue weighted by Crippen LogP contribution is -3.30. The summed E-state index contributed by atoms with van der Waals surface area (Å²) in [5.74, 6) is 0.316. The van der Waals surface area contributed by atoms with Gasteiger partial charge in [0.2, 0.25) is 0 Å². The molecule has 5 heteroatoms. The number of carbonyl (C=O) groups is 1. The number of hydrogen-bond donors (Lipinski definition) is 1. The molecule has 1 saturated heterocycles. The number of fused-ring (bicyclic) bond motifs is 2. The minimum Gasteiger partial charge on any atom is -0.465 e. The molecule has 1 heterocycles. The zero-order chi connectivity index (χ0) is 16.5. The average Bonchev–Trinajstić information content (AvgIpc) is 2.61. The molecule has 5 nitrogen and oxygen atoms in total. The highest BCUT2D eigenvalue weighted by atomic mass is 16.5. The lowest BCUT2D eigenvalue weighted by Gasteiger charge is -2.57. The molecule has 0 bridgehead atoms. The van der Waals surface area contributed by atoms with E-state index in [2.05, 4.69) is 12.1 Å². The van der Waals surface area contributed by atoms with Crippen molar-refractivity contribution in [3.63, 3.8) is 0 Å². The number of carbonyl (C=O) groups excluding carboxylic acids is 1. The molecule has 124 valence electrons. The molecular formula is C18H26N3O2+. The summed E-state index contributed by atoms with van der Waals surface area (Å²) >= 11 is 0. The maximum absolute atomic E-state index is 12.1. The van der Waals surface area contributed by atoms with E-state index in [1.807, 2.05) is 0 Å². The van der Waals surface area contributed by atoms with Crippen LogP contribution in [-0.4, -0.2) is 30.7 Å². The van der Waals surface area contributed by atoms with Crippen LogP contribution in [0.4, 0.5) is 0 Å². The van der Waals surface area contributed by atoms with Gasteiger partial charge in [-0.3, -0.25) is 4.90 Å². The quantitative estimate of drug-likeness (QED) is 0.780. The number of ether oxygens (including phenoxy) is 1. The Morgan fingerprint density at radius 2 is 1.61 bits per heavy atom. The third-order valence-electron chi connectivity index (χ3n) is 6.74. The summed E-state index contributed by atoms with van der Waals surface area (Å²) in [5.41, 5.74) is -1.17. The summed E-state index contributed by atoms with van der Waals surface area (Å²) in [6.07, 6.45) is 9.03. The minimum atomic E-state index is -0.587. The molecule has 3 rings (SSSR count). The van der Waals surface area contributed by atoms with E-state index in [1.165, 1.54) is 7.11 Å². The predicted octanol–water partition coefficient (Wildman–Crippen LogP) is 1.35. The maximum atomic E-state index is 12.1. The highest BCUT2D eigenvalue weighted by Crippen LogP contribution is 2.46. The van der Waals surface area contributed by atoms with Crippen molar-refractivity contribution in [2.45, 2.75) is 68.9 Å². The van der Waals surface area contributed by atoms with Crippen LogP contribution in [0.3, 0.4) is 0 Å². The fraction of sp³-hybridized carbons (Fsp3) is 0.833. The van der Waals surface area contributed by atoms with Crippen LogP contribution < -0.4 is 4.90 Å². The number of nitrogens with zero attached hydrogens (tertiary/aromatic N) is 2. The van der Waals surface area contributed by atoms with Gasteiger partial charge in [-0.25, -0.2) is 4.79 Å². The monoisotopic (exact) mass is 316 g/mol. The van der Waals surface area contributed by atoms with Gasteiger partial charge in [0.25, 0.3) is 0 Å². The van der Waals surface area contributed by atoms with Crippen LogP contribution >= 0.6 is 0 Å². The van der Waals surface area contributed by atoms with Gasteiger partial charge in [-0.2, -0.15) is 10.5 Å². The normalized spacial score (nSPS) is 42.5. The lowest BCUT2D eigenvalue weighted by molar-refractivity contribution is -0.995. The van der Waals surface area contributed by atoms with E-state index >= 15 is 0 Å². The summed E-state index contributed by atoms with van der Waals surface area (Å²) in [6.45, 7) is 0.143. The first-order valence-corrected chi connectivity index (χ1v) is 8.89. The molecule has 0 radical (unpaired) electrons. The van der Waals surface area contributed by atoms with Crippen LogP contribution in [0.25, 0.3) is 0 Å². The Bertz CT molecular complexity index is 524. The minimum absolute atomic E-state index is 0.143. The molecule has 2 aliphatic carbocycles. The van der Waals surface area contributed by atoms with E-state index in [-0.39, 0.29) is 12.5 Å². The molecule has 0 aromatic carbocycles. The number of esters is 1. The van der Waals surface area contributed by atoms with Crippen molar-refractivity contribution >= 4 is 5.97 Å². The van der Waals surface area contributed by atoms with Crippen LogP contribution in [0.1, 0.15) is 57.8 Å². The van der Waals surface area contributed by atoms with Crippen LogP contribution in [0.2, 0.25) is 0 Å². The number of nitrogens with one attached hydrogen (secondary N) is 1. The first-order chi connectivity index (χ1) is 11.1. The second kappa shape index (κ2) is 6.13. The molecule has 2 saturated carbocycles. The third kappa shape index (κ3) is 2.34. The Kier molecular flexibility index (Phi) is 4.34. The Balaban J connectivity index is 2.08. The predicted molar refractivity (Wildman–Crippen MR) is 83.1 cm³/mol. The van der Waals surface area contributed by atoms with Gasteiger partial charge >= 0.3 is 5.97 Å². The molecule has 0 aromatic rings. The van der Waals surface area contributed by atoms with E-state index in [4.69, 9.17) is 4.74 Å². The molecule has 0 spiro atoms. The summed E-state index contributed by atoms with van der Waals surface area (Å²) in [4.78, 5) is 13.0. The standard InChI is InChI=1S/C18H25N3O2/c1-23-16(22)11-21-17(12-19)8-4-2-6-14(17)10-15-7-3-5-9-18(15,21)13-20/h14-15H,2-11H2,1H3/p+1/t14-,15+,17-,18-/m0/s1. The lowest BCUT2D eigenvalue weighted by atomic mass is 9.57. The Hall–Kier alpha value is -1.59. The van der Waals surface area contributed by atoms with Crippen molar-refractivity contribution < 1.29 is 14.4 Å². The number of methoxy groups -OCH3 is 1. The van der Waals surface area contributed by atoms with Crippen molar-refractivity contribution in [1.29, 1.82) is 10.5 Å². The Morgan fingerprint density at radius 1 is 1.09 bits per heavy atom. The van der Waals surface area contributed by atoms with Crippen LogP contribution in [0.15, 0.2) is 0 Å². The van der Waals surface area contributed by atoms with Gasteiger partial charge in [0, 0.05) is 24.7 Å². The van der Waals surface area contributed by atoms with Crippen molar-refractivity contribution in [3.8, 4) is 12.1 Å². The number of likely N-dealkylation sites (tertiary alicyclic amines) is 1. The molecule has 0 aromatic heterocycles. The topological polar surface area (TPSA) is 78.3 Å². The van der Waals surface area contributed by atoms with Crippen molar-refractivity contribution in [2.75, 3.05) is 13.7 Å². The molecular weight excluding hydrogens is 290 g/mol. The summed E-state index contributed by atoms with van der Waals surface area (Å²) in [7, 11) is 1.39. The smallest absolute Gasteiger partial charge is 0.361 e.